The zero-order chi connectivity index (χ0) is 9.80. The summed E-state index contributed by atoms with van der Waals surface area (Å²) >= 11 is 1.80. The third kappa shape index (κ3) is 2.04. The van der Waals surface area contributed by atoms with Crippen molar-refractivity contribution in [3.63, 3.8) is 0 Å². The van der Waals surface area contributed by atoms with Gasteiger partial charge in [0.2, 0.25) is 0 Å². The zero-order valence-electron chi connectivity index (χ0n) is 8.31. The molecule has 0 aromatic carbocycles. The predicted octanol–water partition coefficient (Wildman–Crippen LogP) is 2.95. The lowest BCUT2D eigenvalue weighted by atomic mass is 10.3. The second kappa shape index (κ2) is 4.42. The van der Waals surface area contributed by atoms with Crippen LogP contribution < -0.4 is 0 Å². The Hall–Kier alpha value is -1.09. The molecule has 0 unspecified atom stereocenters. The summed E-state index contributed by atoms with van der Waals surface area (Å²) in [4.78, 5) is 5.74. The molecular weight excluding hydrogens is 192 g/mol. The lowest BCUT2D eigenvalue weighted by Gasteiger charge is -2.04. The average molecular weight is 206 g/mol. The van der Waals surface area contributed by atoms with Gasteiger partial charge in [-0.3, -0.25) is 0 Å². The number of thiophene rings is 1. The Kier molecular flexibility index (Phi) is 2.99. The van der Waals surface area contributed by atoms with E-state index in [9.17, 15) is 0 Å². The van der Waals surface area contributed by atoms with Gasteiger partial charge in [-0.2, -0.15) is 0 Å². The second-order valence-corrected chi connectivity index (χ2v) is 4.33. The van der Waals surface area contributed by atoms with Gasteiger partial charge in [-0.1, -0.05) is 13.0 Å². The van der Waals surface area contributed by atoms with Crippen LogP contribution in [0, 0.1) is 0 Å². The van der Waals surface area contributed by atoms with Gasteiger partial charge in [-0.25, -0.2) is 4.98 Å². The Labute approximate surface area is 88.2 Å². The van der Waals surface area contributed by atoms with Crippen molar-refractivity contribution in [3.8, 4) is 0 Å². The Bertz CT molecular complexity index is 376. The third-order valence-electron chi connectivity index (χ3n) is 2.18. The van der Waals surface area contributed by atoms with Gasteiger partial charge >= 0.3 is 0 Å². The molecule has 2 rings (SSSR count). The molecule has 74 valence electrons. The molecule has 0 N–H and O–H groups in total. The molecule has 0 aliphatic carbocycles. The number of aryl methyl sites for hydroxylation is 1. The van der Waals surface area contributed by atoms with E-state index in [-0.39, 0.29) is 0 Å². The third-order valence-corrected chi connectivity index (χ3v) is 3.04. The fourth-order valence-corrected chi connectivity index (χ4v) is 2.21. The Morgan fingerprint density at radius 2 is 2.43 bits per heavy atom. The molecule has 0 atom stereocenters. The van der Waals surface area contributed by atoms with Crippen molar-refractivity contribution >= 4 is 11.3 Å². The van der Waals surface area contributed by atoms with Crippen LogP contribution in [0.15, 0.2) is 29.9 Å². The maximum absolute atomic E-state index is 4.35. The van der Waals surface area contributed by atoms with Crippen molar-refractivity contribution in [2.75, 3.05) is 0 Å². The molecule has 2 aromatic rings. The molecule has 14 heavy (non-hydrogen) atoms. The van der Waals surface area contributed by atoms with Crippen molar-refractivity contribution in [1.82, 2.24) is 9.55 Å². The zero-order valence-corrected chi connectivity index (χ0v) is 9.13. The number of aromatic nitrogens is 2. The van der Waals surface area contributed by atoms with E-state index in [4.69, 9.17) is 0 Å². The maximum atomic E-state index is 4.35. The standard InChI is InChI=1S/C11H14N2S/c1-2-4-11-12-6-7-13(11)9-10-5-3-8-14-10/h3,5-8H,2,4,9H2,1H3. The number of imidazole rings is 1. The number of nitrogens with zero attached hydrogens (tertiary/aromatic N) is 2. The number of rotatable bonds is 4. The highest BCUT2D eigenvalue weighted by atomic mass is 32.1. The van der Waals surface area contributed by atoms with E-state index >= 15 is 0 Å². The highest BCUT2D eigenvalue weighted by Gasteiger charge is 2.02. The van der Waals surface area contributed by atoms with Crippen LogP contribution >= 0.6 is 11.3 Å². The molecule has 0 saturated carbocycles. The summed E-state index contributed by atoms with van der Waals surface area (Å²) in [6.45, 7) is 3.15. The molecule has 2 heterocycles. The Morgan fingerprint density at radius 1 is 1.50 bits per heavy atom. The van der Waals surface area contributed by atoms with Crippen LogP contribution in [-0.4, -0.2) is 9.55 Å². The first-order chi connectivity index (χ1) is 6.90. The Balaban J connectivity index is 2.12. The minimum Gasteiger partial charge on any atom is -0.330 e. The normalized spacial score (nSPS) is 10.6. The highest BCUT2D eigenvalue weighted by molar-refractivity contribution is 7.09. The first kappa shape index (κ1) is 9.46. The minimum atomic E-state index is 0.965. The summed E-state index contributed by atoms with van der Waals surface area (Å²) < 4.78 is 2.23. The summed E-state index contributed by atoms with van der Waals surface area (Å²) in [5.41, 5.74) is 0. The van der Waals surface area contributed by atoms with Gasteiger partial charge in [0.05, 0.1) is 6.54 Å². The van der Waals surface area contributed by atoms with Crippen molar-refractivity contribution in [2.45, 2.75) is 26.3 Å². The van der Waals surface area contributed by atoms with Crippen LogP contribution in [0.5, 0.6) is 0 Å². The maximum Gasteiger partial charge on any atom is 0.108 e. The second-order valence-electron chi connectivity index (χ2n) is 3.30. The minimum absolute atomic E-state index is 0.965. The Morgan fingerprint density at radius 3 is 3.14 bits per heavy atom. The van der Waals surface area contributed by atoms with E-state index in [2.05, 4.69) is 40.2 Å². The molecule has 0 aliphatic heterocycles. The van der Waals surface area contributed by atoms with Gasteiger partial charge in [-0.15, -0.1) is 11.3 Å². The molecule has 0 spiro atoms. The van der Waals surface area contributed by atoms with Gasteiger partial charge < -0.3 is 4.57 Å². The van der Waals surface area contributed by atoms with Gasteiger partial charge in [0.1, 0.15) is 5.82 Å². The average Bonchev–Trinajstić information content (AvgIpc) is 2.80. The lowest BCUT2D eigenvalue weighted by molar-refractivity contribution is 0.711. The largest absolute Gasteiger partial charge is 0.330 e. The fourth-order valence-electron chi connectivity index (χ4n) is 1.51. The predicted molar refractivity (Wildman–Crippen MR) is 59.6 cm³/mol. The molecule has 0 fully saturated rings. The van der Waals surface area contributed by atoms with E-state index in [0.29, 0.717) is 0 Å². The van der Waals surface area contributed by atoms with Crippen LogP contribution in [0.1, 0.15) is 24.0 Å². The topological polar surface area (TPSA) is 17.8 Å². The molecule has 3 heteroatoms. The summed E-state index contributed by atoms with van der Waals surface area (Å²) in [5.74, 6) is 1.20. The SMILES string of the molecule is CCCc1nccn1Cc1cccs1. The van der Waals surface area contributed by atoms with Crippen LogP contribution in [0.3, 0.4) is 0 Å². The van der Waals surface area contributed by atoms with E-state index in [0.717, 1.165) is 19.4 Å². The molecule has 2 nitrogen and oxygen atoms in total. The lowest BCUT2D eigenvalue weighted by Crippen LogP contribution is -2.02. The van der Waals surface area contributed by atoms with Gasteiger partial charge in [0.15, 0.2) is 0 Å². The van der Waals surface area contributed by atoms with Crippen molar-refractivity contribution in [1.29, 1.82) is 0 Å². The van der Waals surface area contributed by atoms with E-state index in [1.807, 2.05) is 6.20 Å². The van der Waals surface area contributed by atoms with E-state index in [1.165, 1.54) is 10.7 Å². The monoisotopic (exact) mass is 206 g/mol. The van der Waals surface area contributed by atoms with Crippen LogP contribution in [0.25, 0.3) is 0 Å². The van der Waals surface area contributed by atoms with Gasteiger partial charge in [0.25, 0.3) is 0 Å². The summed E-state index contributed by atoms with van der Waals surface area (Å²) in [6.07, 6.45) is 6.17. The summed E-state index contributed by atoms with van der Waals surface area (Å²) in [5, 5.41) is 2.12. The molecule has 0 radical (unpaired) electrons. The molecule has 0 bridgehead atoms. The number of hydrogen-bond donors (Lipinski definition) is 0. The quantitative estimate of drug-likeness (QED) is 0.752. The van der Waals surface area contributed by atoms with E-state index < -0.39 is 0 Å². The van der Waals surface area contributed by atoms with Gasteiger partial charge in [-0.05, 0) is 17.9 Å². The summed E-state index contributed by atoms with van der Waals surface area (Å²) in [6, 6.07) is 4.26. The number of hydrogen-bond acceptors (Lipinski definition) is 2. The smallest absolute Gasteiger partial charge is 0.108 e. The first-order valence-electron chi connectivity index (χ1n) is 4.92. The van der Waals surface area contributed by atoms with Crippen LogP contribution in [-0.2, 0) is 13.0 Å². The van der Waals surface area contributed by atoms with E-state index in [1.54, 1.807) is 11.3 Å². The van der Waals surface area contributed by atoms with Crippen molar-refractivity contribution in [3.05, 3.63) is 40.6 Å². The van der Waals surface area contributed by atoms with Crippen molar-refractivity contribution in [2.24, 2.45) is 0 Å². The fraction of sp³-hybridized carbons (Fsp3) is 0.364. The van der Waals surface area contributed by atoms with Gasteiger partial charge in [0, 0.05) is 23.7 Å². The molecule has 2 aromatic heterocycles. The summed E-state index contributed by atoms with van der Waals surface area (Å²) in [7, 11) is 0. The first-order valence-corrected chi connectivity index (χ1v) is 5.80. The molecular formula is C11H14N2S. The van der Waals surface area contributed by atoms with Crippen LogP contribution in [0.2, 0.25) is 0 Å². The van der Waals surface area contributed by atoms with Crippen LogP contribution in [0.4, 0.5) is 0 Å². The van der Waals surface area contributed by atoms with Crippen molar-refractivity contribution < 1.29 is 0 Å². The molecule has 0 saturated heterocycles. The molecule has 0 amide bonds. The molecule has 0 aliphatic rings. The highest BCUT2D eigenvalue weighted by Crippen LogP contribution is 2.12.